The van der Waals surface area contributed by atoms with Crippen molar-refractivity contribution in [2.75, 3.05) is 13.2 Å². The topological polar surface area (TPSA) is 83.3 Å². The molecule has 176 valence electrons. The predicted molar refractivity (Wildman–Crippen MR) is 130 cm³/mol. The Hall–Kier alpha value is -2.59. The van der Waals surface area contributed by atoms with E-state index in [2.05, 4.69) is 16.0 Å². The van der Waals surface area contributed by atoms with Gasteiger partial charge in [-0.15, -0.1) is 11.3 Å². The molecule has 1 saturated heterocycles. The molecule has 0 amide bonds. The van der Waals surface area contributed by atoms with E-state index in [1.807, 2.05) is 18.5 Å². The molecular weight excluding hydrogens is 470 g/mol. The molecule has 7 nitrogen and oxygen atoms in total. The van der Waals surface area contributed by atoms with Crippen LogP contribution in [0.2, 0.25) is 0 Å². The van der Waals surface area contributed by atoms with E-state index in [1.54, 1.807) is 47.9 Å². The lowest BCUT2D eigenvalue weighted by Crippen LogP contribution is -2.34. The predicted octanol–water partition coefficient (Wildman–Crippen LogP) is 5.11. The van der Waals surface area contributed by atoms with E-state index in [-0.39, 0.29) is 4.90 Å². The van der Waals surface area contributed by atoms with Gasteiger partial charge in [0.25, 0.3) is 10.0 Å². The minimum absolute atomic E-state index is 0.230. The van der Waals surface area contributed by atoms with Crippen LogP contribution in [-0.2, 0) is 19.5 Å². The van der Waals surface area contributed by atoms with Gasteiger partial charge in [-0.05, 0) is 49.4 Å². The Labute approximate surface area is 202 Å². The highest BCUT2D eigenvalue weighted by Crippen LogP contribution is 2.43. The average Bonchev–Trinajstić information content (AvgIpc) is 3.59. The molecule has 9 heteroatoms. The van der Waals surface area contributed by atoms with Gasteiger partial charge in [-0.3, -0.25) is 0 Å². The molecule has 4 aromatic rings. The van der Waals surface area contributed by atoms with Crippen molar-refractivity contribution in [3.63, 3.8) is 0 Å². The molecule has 1 aliphatic carbocycles. The third-order valence-electron chi connectivity index (χ3n) is 6.86. The lowest BCUT2D eigenvalue weighted by atomic mass is 9.81. The number of thiazole rings is 1. The quantitative estimate of drug-likeness (QED) is 0.391. The van der Waals surface area contributed by atoms with Gasteiger partial charge in [0.2, 0.25) is 0 Å². The molecule has 34 heavy (non-hydrogen) atoms. The van der Waals surface area contributed by atoms with Gasteiger partial charge < -0.3 is 9.47 Å². The van der Waals surface area contributed by atoms with Crippen molar-refractivity contribution in [1.29, 1.82) is 0 Å². The Kier molecular flexibility index (Phi) is 5.33. The zero-order valence-corrected chi connectivity index (χ0v) is 20.4. The number of aromatic nitrogens is 3. The first-order chi connectivity index (χ1) is 16.5. The Morgan fingerprint density at radius 1 is 1.12 bits per heavy atom. The molecule has 0 atom stereocenters. The fourth-order valence-corrected chi connectivity index (χ4v) is 7.03. The van der Waals surface area contributed by atoms with Gasteiger partial charge >= 0.3 is 0 Å². The molecule has 0 radical (unpaired) electrons. The summed E-state index contributed by atoms with van der Waals surface area (Å²) in [6.07, 6.45) is 7.10. The van der Waals surface area contributed by atoms with E-state index in [0.717, 1.165) is 52.9 Å². The van der Waals surface area contributed by atoms with Crippen LogP contribution >= 0.6 is 11.3 Å². The smallest absolute Gasteiger partial charge is 0.269 e. The van der Waals surface area contributed by atoms with E-state index in [4.69, 9.17) is 9.47 Å². The molecule has 6 rings (SSSR count). The van der Waals surface area contributed by atoms with E-state index in [0.29, 0.717) is 24.8 Å². The number of benzene rings is 1. The average molecular weight is 496 g/mol. The molecule has 0 N–H and O–H groups in total. The second-order valence-electron chi connectivity index (χ2n) is 8.93. The lowest BCUT2D eigenvalue weighted by Gasteiger charge is -2.35. The van der Waals surface area contributed by atoms with Crippen molar-refractivity contribution < 1.29 is 17.9 Å². The number of hydrogen-bond acceptors (Lipinski definition) is 7. The molecule has 4 heterocycles. The van der Waals surface area contributed by atoms with Crippen LogP contribution in [0.5, 0.6) is 0 Å². The van der Waals surface area contributed by atoms with Crippen molar-refractivity contribution >= 4 is 32.4 Å². The molecular formula is C25H25N3O4S2. The monoisotopic (exact) mass is 495 g/mol. The highest BCUT2D eigenvalue weighted by molar-refractivity contribution is 7.90. The van der Waals surface area contributed by atoms with Gasteiger partial charge in [-0.2, -0.15) is 0 Å². The fraction of sp³-hybridized carbons (Fsp3) is 0.360. The van der Waals surface area contributed by atoms with Crippen LogP contribution < -0.4 is 0 Å². The van der Waals surface area contributed by atoms with Crippen LogP contribution in [0.15, 0.2) is 59.1 Å². The first-order valence-electron chi connectivity index (χ1n) is 11.5. The van der Waals surface area contributed by atoms with Crippen LogP contribution in [-0.4, -0.2) is 41.4 Å². The Morgan fingerprint density at radius 2 is 1.85 bits per heavy atom. The highest BCUT2D eigenvalue weighted by atomic mass is 32.2. The number of hydrogen-bond donors (Lipinski definition) is 0. The van der Waals surface area contributed by atoms with Gasteiger partial charge in [-0.1, -0.05) is 18.2 Å². The summed E-state index contributed by atoms with van der Waals surface area (Å²) < 4.78 is 40.1. The zero-order chi connectivity index (χ0) is 23.3. The van der Waals surface area contributed by atoms with Gasteiger partial charge in [0.1, 0.15) is 0 Å². The first-order valence-corrected chi connectivity index (χ1v) is 13.8. The summed E-state index contributed by atoms with van der Waals surface area (Å²) in [6, 6.07) is 10.6. The summed E-state index contributed by atoms with van der Waals surface area (Å²) in [5.74, 6) is -0.0841. The van der Waals surface area contributed by atoms with Crippen LogP contribution in [0.1, 0.15) is 42.2 Å². The van der Waals surface area contributed by atoms with Crippen LogP contribution in [0.3, 0.4) is 0 Å². The van der Waals surface area contributed by atoms with Gasteiger partial charge in [0.05, 0.1) is 28.8 Å². The summed E-state index contributed by atoms with van der Waals surface area (Å²) in [5.41, 5.74) is 3.08. The van der Waals surface area contributed by atoms with Crippen molar-refractivity contribution in [1.82, 2.24) is 13.9 Å². The molecule has 1 spiro atoms. The number of fused-ring (bicyclic) bond motifs is 1. The van der Waals surface area contributed by atoms with Gasteiger partial charge in [0.15, 0.2) is 11.4 Å². The van der Waals surface area contributed by atoms with Crippen LogP contribution in [0, 0.1) is 6.92 Å². The Balaban J connectivity index is 1.44. The normalized spacial score (nSPS) is 18.7. The largest absolute Gasteiger partial charge is 0.348 e. The molecule has 2 aliphatic rings. The lowest BCUT2D eigenvalue weighted by molar-refractivity contribution is -0.178. The summed E-state index contributed by atoms with van der Waals surface area (Å²) in [6.45, 7) is 3.28. The number of ether oxygens (including phenoxy) is 2. The molecule has 2 fully saturated rings. The summed E-state index contributed by atoms with van der Waals surface area (Å²) in [4.78, 5) is 9.56. The Bertz CT molecular complexity index is 1440. The SMILES string of the molecule is Cc1nc(-c2cn(S(=O)(=O)c3ccccc3)c3ncc(C4CCC5(CC4)OCCO5)cc23)cs1. The molecule has 0 bridgehead atoms. The zero-order valence-electron chi connectivity index (χ0n) is 18.8. The summed E-state index contributed by atoms with van der Waals surface area (Å²) in [7, 11) is -3.80. The molecule has 1 aromatic carbocycles. The minimum atomic E-state index is -3.80. The van der Waals surface area contributed by atoms with E-state index >= 15 is 0 Å². The van der Waals surface area contributed by atoms with Crippen molar-refractivity contribution in [2.24, 2.45) is 0 Å². The summed E-state index contributed by atoms with van der Waals surface area (Å²) in [5, 5.41) is 3.70. The number of pyridine rings is 1. The maximum atomic E-state index is 13.5. The van der Waals surface area contributed by atoms with Crippen LogP contribution in [0.25, 0.3) is 22.3 Å². The highest BCUT2D eigenvalue weighted by Gasteiger charge is 2.40. The van der Waals surface area contributed by atoms with Crippen molar-refractivity contribution in [3.8, 4) is 11.3 Å². The minimum Gasteiger partial charge on any atom is -0.348 e. The van der Waals surface area contributed by atoms with Crippen molar-refractivity contribution in [2.45, 2.75) is 49.2 Å². The molecule has 3 aromatic heterocycles. The maximum Gasteiger partial charge on any atom is 0.269 e. The van der Waals surface area contributed by atoms with E-state index < -0.39 is 15.8 Å². The Morgan fingerprint density at radius 3 is 2.53 bits per heavy atom. The fourth-order valence-electron chi connectivity index (χ4n) is 5.08. The number of rotatable bonds is 4. The van der Waals surface area contributed by atoms with Crippen LogP contribution in [0.4, 0.5) is 0 Å². The number of nitrogens with zero attached hydrogens (tertiary/aromatic N) is 3. The summed E-state index contributed by atoms with van der Waals surface area (Å²) >= 11 is 1.55. The molecule has 1 saturated carbocycles. The maximum absolute atomic E-state index is 13.5. The first kappa shape index (κ1) is 21.9. The van der Waals surface area contributed by atoms with Crippen molar-refractivity contribution in [3.05, 3.63) is 64.7 Å². The third-order valence-corrected chi connectivity index (χ3v) is 9.30. The van der Waals surface area contributed by atoms with E-state index in [1.165, 1.54) is 3.97 Å². The van der Waals surface area contributed by atoms with E-state index in [9.17, 15) is 8.42 Å². The van der Waals surface area contributed by atoms with Gasteiger partial charge in [0, 0.05) is 41.6 Å². The standard InChI is InChI=1S/C25H25N3O4S2/c1-17-27-23(16-33-17)22-15-28(34(29,30)20-5-3-2-4-6-20)24-21(22)13-19(14-26-24)18-7-9-25(10-8-18)31-11-12-32-25/h2-6,13-16,18H,7-12H2,1H3. The number of aryl methyl sites for hydroxylation is 1. The molecule has 0 unspecified atom stereocenters. The second-order valence-corrected chi connectivity index (χ2v) is 11.8. The molecule has 1 aliphatic heterocycles. The second kappa shape index (κ2) is 8.27. The van der Waals surface area contributed by atoms with Gasteiger partial charge in [-0.25, -0.2) is 22.4 Å². The third kappa shape index (κ3) is 3.67.